The minimum absolute atomic E-state index is 0.730. The van der Waals surface area contributed by atoms with Crippen molar-refractivity contribution in [3.63, 3.8) is 0 Å². The normalized spacial score (nSPS) is 10.1. The molecule has 3 heteroatoms. The van der Waals surface area contributed by atoms with Gasteiger partial charge in [-0.2, -0.15) is 9.83 Å². The fourth-order valence-corrected chi connectivity index (χ4v) is 1.81. The van der Waals surface area contributed by atoms with Crippen LogP contribution >= 0.6 is 0 Å². The molecule has 0 saturated carbocycles. The van der Waals surface area contributed by atoms with Crippen molar-refractivity contribution in [2.45, 2.75) is 13.8 Å². The van der Waals surface area contributed by atoms with E-state index in [1.807, 2.05) is 44.6 Å². The second kappa shape index (κ2) is 3.82. The second-order valence-corrected chi connectivity index (χ2v) is 3.89. The quantitative estimate of drug-likeness (QED) is 0.663. The third-order valence-corrected chi connectivity index (χ3v) is 2.98. The average molecular weight is 212 g/mol. The Bertz CT molecular complexity index is 573. The first-order valence-electron chi connectivity index (χ1n) is 5.19. The SMILES string of the molecule is Cc1c(C#N)cccc1-[n+]1ccn(C)c1C. The predicted molar refractivity (Wildman–Crippen MR) is 61.1 cm³/mol. The Morgan fingerprint density at radius 3 is 2.62 bits per heavy atom. The Balaban J connectivity index is 2.66. The lowest BCUT2D eigenvalue weighted by molar-refractivity contribution is -0.602. The van der Waals surface area contributed by atoms with Crippen molar-refractivity contribution >= 4 is 0 Å². The Hall–Kier alpha value is -2.08. The molecule has 0 aliphatic carbocycles. The molecule has 0 saturated heterocycles. The summed E-state index contributed by atoms with van der Waals surface area (Å²) in [5, 5.41) is 9.00. The van der Waals surface area contributed by atoms with E-state index in [1.165, 1.54) is 0 Å². The summed E-state index contributed by atoms with van der Waals surface area (Å²) in [6, 6.07) is 8.00. The lowest BCUT2D eigenvalue weighted by Gasteiger charge is -2.04. The highest BCUT2D eigenvalue weighted by Gasteiger charge is 2.14. The van der Waals surface area contributed by atoms with Gasteiger partial charge in [-0.3, -0.25) is 0 Å². The van der Waals surface area contributed by atoms with Crippen LogP contribution in [0, 0.1) is 25.2 Å². The fourth-order valence-electron chi connectivity index (χ4n) is 1.81. The summed E-state index contributed by atoms with van der Waals surface area (Å²) in [4.78, 5) is 0. The van der Waals surface area contributed by atoms with Gasteiger partial charge >= 0.3 is 0 Å². The third-order valence-electron chi connectivity index (χ3n) is 2.98. The summed E-state index contributed by atoms with van der Waals surface area (Å²) in [5.74, 6) is 1.14. The summed E-state index contributed by atoms with van der Waals surface area (Å²) in [6.45, 7) is 4.03. The molecule has 0 aliphatic rings. The van der Waals surface area contributed by atoms with Gasteiger partial charge in [0.15, 0.2) is 0 Å². The Kier molecular flexibility index (Phi) is 2.49. The van der Waals surface area contributed by atoms with Crippen LogP contribution in [0.2, 0.25) is 0 Å². The number of hydrogen-bond donors (Lipinski definition) is 0. The number of benzene rings is 1. The van der Waals surface area contributed by atoms with Gasteiger partial charge < -0.3 is 0 Å². The molecule has 3 nitrogen and oxygen atoms in total. The molecular weight excluding hydrogens is 198 g/mol. The number of rotatable bonds is 1. The van der Waals surface area contributed by atoms with Crippen LogP contribution in [0.3, 0.4) is 0 Å². The van der Waals surface area contributed by atoms with Crippen LogP contribution in [0.1, 0.15) is 17.0 Å². The molecule has 0 spiro atoms. The van der Waals surface area contributed by atoms with E-state index >= 15 is 0 Å². The molecular formula is C13H14N3+. The maximum absolute atomic E-state index is 9.00. The molecule has 0 fully saturated rings. The van der Waals surface area contributed by atoms with Crippen molar-refractivity contribution < 1.29 is 4.57 Å². The van der Waals surface area contributed by atoms with Crippen molar-refractivity contribution in [1.82, 2.24) is 4.57 Å². The lowest BCUT2D eigenvalue weighted by atomic mass is 10.1. The Labute approximate surface area is 95.2 Å². The topological polar surface area (TPSA) is 32.6 Å². The maximum atomic E-state index is 9.00. The van der Waals surface area contributed by atoms with Gasteiger partial charge in [-0.15, -0.1) is 0 Å². The largest absolute Gasteiger partial charge is 0.258 e. The van der Waals surface area contributed by atoms with Gasteiger partial charge in [0.25, 0.3) is 5.82 Å². The smallest absolute Gasteiger partial charge is 0.237 e. The first-order valence-corrected chi connectivity index (χ1v) is 5.19. The Morgan fingerprint density at radius 1 is 1.31 bits per heavy atom. The predicted octanol–water partition coefficient (Wildman–Crippen LogP) is 1.79. The number of aromatic nitrogens is 2. The summed E-state index contributed by atoms with van der Waals surface area (Å²) in [7, 11) is 2.01. The maximum Gasteiger partial charge on any atom is 0.258 e. The van der Waals surface area contributed by atoms with Crippen molar-refractivity contribution in [1.29, 1.82) is 5.26 Å². The van der Waals surface area contributed by atoms with E-state index in [2.05, 4.69) is 22.1 Å². The van der Waals surface area contributed by atoms with Crippen LogP contribution in [-0.4, -0.2) is 4.57 Å². The Morgan fingerprint density at radius 2 is 2.06 bits per heavy atom. The van der Waals surface area contributed by atoms with Gasteiger partial charge in [0, 0.05) is 12.5 Å². The van der Waals surface area contributed by atoms with Gasteiger partial charge in [0.1, 0.15) is 18.1 Å². The zero-order valence-electron chi connectivity index (χ0n) is 9.73. The summed E-state index contributed by atoms with van der Waals surface area (Å²) in [6.07, 6.45) is 4.02. The van der Waals surface area contributed by atoms with Crippen LogP contribution in [0.4, 0.5) is 0 Å². The summed E-state index contributed by atoms with van der Waals surface area (Å²) < 4.78 is 4.15. The van der Waals surface area contributed by atoms with E-state index in [0.717, 1.165) is 22.6 Å². The molecule has 1 aromatic heterocycles. The molecule has 1 aromatic carbocycles. The van der Waals surface area contributed by atoms with Crippen LogP contribution in [0.25, 0.3) is 5.69 Å². The van der Waals surface area contributed by atoms with Crippen molar-refractivity contribution in [2.24, 2.45) is 7.05 Å². The molecule has 0 N–H and O–H groups in total. The standard InChI is InChI=1S/C13H14N3/c1-10-12(9-14)5-4-6-13(10)16-8-7-15(3)11(16)2/h4-8H,1-3H3/q+1. The molecule has 16 heavy (non-hydrogen) atoms. The molecule has 0 unspecified atom stereocenters. The zero-order chi connectivity index (χ0) is 11.7. The zero-order valence-corrected chi connectivity index (χ0v) is 9.73. The van der Waals surface area contributed by atoms with Crippen LogP contribution in [-0.2, 0) is 7.05 Å². The van der Waals surface area contributed by atoms with Crippen LogP contribution < -0.4 is 4.57 Å². The van der Waals surface area contributed by atoms with Gasteiger partial charge in [-0.05, 0) is 19.1 Å². The van der Waals surface area contributed by atoms with Crippen molar-refractivity contribution in [3.05, 3.63) is 47.5 Å². The first-order chi connectivity index (χ1) is 7.65. The number of aryl methyl sites for hydroxylation is 1. The van der Waals surface area contributed by atoms with Gasteiger partial charge in [-0.1, -0.05) is 6.07 Å². The highest BCUT2D eigenvalue weighted by Crippen LogP contribution is 2.13. The molecule has 0 atom stereocenters. The number of nitrogens with zero attached hydrogens (tertiary/aromatic N) is 3. The molecule has 0 radical (unpaired) electrons. The van der Waals surface area contributed by atoms with E-state index < -0.39 is 0 Å². The van der Waals surface area contributed by atoms with E-state index in [0.29, 0.717) is 0 Å². The van der Waals surface area contributed by atoms with Crippen molar-refractivity contribution in [3.8, 4) is 11.8 Å². The first kappa shape index (κ1) is 10.4. The molecule has 2 aromatic rings. The summed E-state index contributed by atoms with van der Waals surface area (Å²) in [5.41, 5.74) is 2.81. The third kappa shape index (κ3) is 1.49. The highest BCUT2D eigenvalue weighted by molar-refractivity contribution is 5.45. The number of nitriles is 1. The minimum Gasteiger partial charge on any atom is -0.237 e. The van der Waals surface area contributed by atoms with E-state index in [4.69, 9.17) is 5.26 Å². The highest BCUT2D eigenvalue weighted by atomic mass is 15.1. The molecule has 0 amide bonds. The molecule has 80 valence electrons. The van der Waals surface area contributed by atoms with E-state index in [1.54, 1.807) is 0 Å². The fraction of sp³-hybridized carbons (Fsp3) is 0.231. The van der Waals surface area contributed by atoms with Crippen molar-refractivity contribution in [2.75, 3.05) is 0 Å². The monoisotopic (exact) mass is 212 g/mol. The van der Waals surface area contributed by atoms with Gasteiger partial charge in [0.2, 0.25) is 0 Å². The second-order valence-electron chi connectivity index (χ2n) is 3.89. The summed E-state index contributed by atoms with van der Waals surface area (Å²) >= 11 is 0. The number of hydrogen-bond acceptors (Lipinski definition) is 1. The molecule has 0 aliphatic heterocycles. The molecule has 0 bridgehead atoms. The molecule has 1 heterocycles. The van der Waals surface area contributed by atoms with Crippen LogP contribution in [0.15, 0.2) is 30.6 Å². The van der Waals surface area contributed by atoms with E-state index in [-0.39, 0.29) is 0 Å². The average Bonchev–Trinajstić information content (AvgIpc) is 2.61. The van der Waals surface area contributed by atoms with Gasteiger partial charge in [-0.25, -0.2) is 4.57 Å². The van der Waals surface area contributed by atoms with E-state index in [9.17, 15) is 0 Å². The lowest BCUT2D eigenvalue weighted by Crippen LogP contribution is -2.33. The number of imidazole rings is 1. The molecule has 2 rings (SSSR count). The van der Waals surface area contributed by atoms with Gasteiger partial charge in [0.05, 0.1) is 18.7 Å². The minimum atomic E-state index is 0.730. The van der Waals surface area contributed by atoms with Crippen LogP contribution in [0.5, 0.6) is 0 Å².